The molecule has 1 saturated heterocycles. The van der Waals surface area contributed by atoms with Crippen molar-refractivity contribution >= 4 is 11.0 Å². The number of aromatic nitrogens is 4. The summed E-state index contributed by atoms with van der Waals surface area (Å²) >= 11 is 0. The molecule has 23 heavy (non-hydrogen) atoms. The van der Waals surface area contributed by atoms with E-state index in [1.165, 1.54) is 0 Å². The fourth-order valence-electron chi connectivity index (χ4n) is 3.82. The van der Waals surface area contributed by atoms with E-state index < -0.39 is 0 Å². The highest BCUT2D eigenvalue weighted by Gasteiger charge is 2.40. The molecule has 0 amide bonds. The number of hydrogen-bond donors (Lipinski definition) is 2. The van der Waals surface area contributed by atoms with Crippen LogP contribution in [0.4, 0.5) is 0 Å². The van der Waals surface area contributed by atoms with Gasteiger partial charge < -0.3 is 14.8 Å². The van der Waals surface area contributed by atoms with Crippen LogP contribution in [0.3, 0.4) is 0 Å². The van der Waals surface area contributed by atoms with Crippen LogP contribution in [0, 0.1) is 5.92 Å². The molecule has 3 heterocycles. The van der Waals surface area contributed by atoms with Gasteiger partial charge in [0, 0.05) is 26.2 Å². The maximum Gasteiger partial charge on any atom is 0.262 e. The van der Waals surface area contributed by atoms with Gasteiger partial charge >= 0.3 is 0 Å². The molecule has 2 aromatic heterocycles. The van der Waals surface area contributed by atoms with E-state index in [-0.39, 0.29) is 24.3 Å². The summed E-state index contributed by atoms with van der Waals surface area (Å²) in [6.45, 7) is 2.28. The lowest BCUT2D eigenvalue weighted by Gasteiger charge is -2.37. The predicted octanol–water partition coefficient (Wildman–Crippen LogP) is -0.372. The van der Waals surface area contributed by atoms with Crippen molar-refractivity contribution in [3.8, 4) is 0 Å². The Bertz CT molecular complexity index is 770. The van der Waals surface area contributed by atoms with Crippen molar-refractivity contribution in [2.45, 2.75) is 31.5 Å². The number of nitrogens with one attached hydrogen (secondary N) is 1. The third kappa shape index (κ3) is 2.56. The molecule has 2 N–H and O–H groups in total. The second kappa shape index (κ2) is 5.70. The molecule has 2 aromatic rings. The summed E-state index contributed by atoms with van der Waals surface area (Å²) in [7, 11) is 1.78. The molecule has 3 atom stereocenters. The highest BCUT2D eigenvalue weighted by atomic mass is 16.5. The largest absolute Gasteiger partial charge is 0.396 e. The second-order valence-corrected chi connectivity index (χ2v) is 6.49. The minimum Gasteiger partial charge on any atom is -0.396 e. The molecule has 8 heteroatoms. The summed E-state index contributed by atoms with van der Waals surface area (Å²) in [5.41, 5.74) is 0.454. The number of H-pyrrole nitrogens is 1. The molecule has 124 valence electrons. The number of morpholine rings is 1. The first-order chi connectivity index (χ1) is 11.2. The molecule has 0 aromatic carbocycles. The summed E-state index contributed by atoms with van der Waals surface area (Å²) in [6.07, 6.45) is 3.55. The minimum atomic E-state index is -0.150. The van der Waals surface area contributed by atoms with Crippen LogP contribution in [0.25, 0.3) is 11.0 Å². The fourth-order valence-corrected chi connectivity index (χ4v) is 3.82. The number of ether oxygens (including phenoxy) is 1. The van der Waals surface area contributed by atoms with Crippen LogP contribution in [0.1, 0.15) is 18.7 Å². The van der Waals surface area contributed by atoms with E-state index in [0.717, 1.165) is 19.4 Å². The number of hydrogen-bond acceptors (Lipinski definition) is 6. The predicted molar refractivity (Wildman–Crippen MR) is 82.9 cm³/mol. The maximum absolute atomic E-state index is 12.2. The Morgan fingerprint density at radius 1 is 1.48 bits per heavy atom. The Morgan fingerprint density at radius 2 is 2.35 bits per heavy atom. The van der Waals surface area contributed by atoms with Gasteiger partial charge in [-0.25, -0.2) is 4.98 Å². The van der Waals surface area contributed by atoms with Crippen molar-refractivity contribution < 1.29 is 9.84 Å². The molecule has 1 aliphatic heterocycles. The van der Waals surface area contributed by atoms with Gasteiger partial charge in [-0.05, 0) is 18.8 Å². The molecule has 0 unspecified atom stereocenters. The summed E-state index contributed by atoms with van der Waals surface area (Å²) < 4.78 is 7.46. The number of aliphatic hydroxyl groups excluding tert-OH is 1. The standard InChI is InChI=1S/C15H21N5O3/c1-19-14-10(6-16-19)15(22)18-13(17-14)7-20-2-3-23-12-5-9(8-21)4-11(12)20/h6,9,11-12,21H,2-5,7-8H2,1H3,(H,17,18,22)/t9-,11+,12+/m1/s1. The first kappa shape index (κ1) is 14.8. The number of aliphatic hydroxyl groups is 1. The van der Waals surface area contributed by atoms with Crippen molar-refractivity contribution in [3.05, 3.63) is 22.4 Å². The van der Waals surface area contributed by atoms with Gasteiger partial charge in [0.2, 0.25) is 0 Å². The zero-order valence-corrected chi connectivity index (χ0v) is 13.1. The lowest BCUT2D eigenvalue weighted by Crippen LogP contribution is -2.48. The average molecular weight is 319 g/mol. The number of fused-ring (bicyclic) bond motifs is 2. The van der Waals surface area contributed by atoms with Gasteiger partial charge in [0.05, 0.1) is 25.5 Å². The van der Waals surface area contributed by atoms with Gasteiger partial charge in [-0.1, -0.05) is 0 Å². The SMILES string of the molecule is Cn1ncc2c(=O)[nH]c(CN3CCO[C@H]4C[C@H](CO)C[C@@H]43)nc21. The van der Waals surface area contributed by atoms with Crippen LogP contribution in [0.15, 0.2) is 11.0 Å². The number of rotatable bonds is 3. The minimum absolute atomic E-state index is 0.150. The first-order valence-electron chi connectivity index (χ1n) is 8.03. The van der Waals surface area contributed by atoms with E-state index >= 15 is 0 Å². The van der Waals surface area contributed by atoms with Gasteiger partial charge in [-0.3, -0.25) is 14.4 Å². The highest BCUT2D eigenvalue weighted by Crippen LogP contribution is 2.34. The van der Waals surface area contributed by atoms with Crippen LogP contribution in [-0.2, 0) is 18.3 Å². The van der Waals surface area contributed by atoms with Crippen molar-refractivity contribution in [3.63, 3.8) is 0 Å². The zero-order chi connectivity index (χ0) is 16.0. The molecule has 2 aliphatic rings. The number of nitrogens with zero attached hydrogens (tertiary/aromatic N) is 4. The molecule has 1 aliphatic carbocycles. The topological polar surface area (TPSA) is 96.3 Å². The molecule has 0 bridgehead atoms. The van der Waals surface area contributed by atoms with E-state index in [4.69, 9.17) is 4.74 Å². The van der Waals surface area contributed by atoms with Gasteiger partial charge in [-0.2, -0.15) is 5.10 Å². The van der Waals surface area contributed by atoms with Crippen molar-refractivity contribution in [1.82, 2.24) is 24.6 Å². The molecule has 4 rings (SSSR count). The van der Waals surface area contributed by atoms with Crippen LogP contribution in [-0.4, -0.2) is 61.7 Å². The maximum atomic E-state index is 12.2. The molecule has 0 radical (unpaired) electrons. The van der Waals surface area contributed by atoms with Crippen LogP contribution < -0.4 is 5.56 Å². The van der Waals surface area contributed by atoms with Crippen molar-refractivity contribution in [2.75, 3.05) is 19.8 Å². The normalized spacial score (nSPS) is 28.3. The van der Waals surface area contributed by atoms with Crippen LogP contribution in [0.5, 0.6) is 0 Å². The Balaban J connectivity index is 1.60. The van der Waals surface area contributed by atoms with E-state index in [0.29, 0.717) is 35.9 Å². The van der Waals surface area contributed by atoms with Crippen molar-refractivity contribution in [1.29, 1.82) is 0 Å². The molecular formula is C15H21N5O3. The monoisotopic (exact) mass is 319 g/mol. The van der Waals surface area contributed by atoms with Gasteiger partial charge in [0.15, 0.2) is 5.65 Å². The Hall–Kier alpha value is -1.77. The van der Waals surface area contributed by atoms with Gasteiger partial charge in [0.25, 0.3) is 5.56 Å². The zero-order valence-electron chi connectivity index (χ0n) is 13.1. The van der Waals surface area contributed by atoms with Crippen LogP contribution >= 0.6 is 0 Å². The lowest BCUT2D eigenvalue weighted by atomic mass is 10.1. The van der Waals surface area contributed by atoms with Crippen LogP contribution in [0.2, 0.25) is 0 Å². The number of aromatic amines is 1. The van der Waals surface area contributed by atoms with Gasteiger partial charge in [-0.15, -0.1) is 0 Å². The summed E-state index contributed by atoms with van der Waals surface area (Å²) in [6, 6.07) is 0.286. The first-order valence-corrected chi connectivity index (χ1v) is 8.03. The van der Waals surface area contributed by atoms with E-state index in [1.807, 2.05) is 0 Å². The quantitative estimate of drug-likeness (QED) is 0.801. The second-order valence-electron chi connectivity index (χ2n) is 6.49. The molecule has 2 fully saturated rings. The Labute approximate surface area is 133 Å². The molecule has 0 spiro atoms. The smallest absolute Gasteiger partial charge is 0.262 e. The molecular weight excluding hydrogens is 298 g/mol. The van der Waals surface area contributed by atoms with Crippen molar-refractivity contribution in [2.24, 2.45) is 13.0 Å². The van der Waals surface area contributed by atoms with E-state index in [1.54, 1.807) is 17.9 Å². The fraction of sp³-hybridized carbons (Fsp3) is 0.667. The van der Waals surface area contributed by atoms with E-state index in [9.17, 15) is 9.90 Å². The third-order valence-electron chi connectivity index (χ3n) is 5.01. The third-order valence-corrected chi connectivity index (χ3v) is 5.01. The summed E-state index contributed by atoms with van der Waals surface area (Å²) in [5.74, 6) is 0.955. The number of aryl methyl sites for hydroxylation is 1. The Morgan fingerprint density at radius 3 is 3.17 bits per heavy atom. The Kier molecular flexibility index (Phi) is 3.67. The van der Waals surface area contributed by atoms with Gasteiger partial charge in [0.1, 0.15) is 11.2 Å². The summed E-state index contributed by atoms with van der Waals surface area (Å²) in [5, 5.41) is 14.0. The van der Waals surface area contributed by atoms with E-state index in [2.05, 4.69) is 20.0 Å². The summed E-state index contributed by atoms with van der Waals surface area (Å²) in [4.78, 5) is 21.9. The highest BCUT2D eigenvalue weighted by molar-refractivity contribution is 5.72. The molecule has 1 saturated carbocycles. The molecule has 8 nitrogen and oxygen atoms in total. The lowest BCUT2D eigenvalue weighted by molar-refractivity contribution is -0.0598. The average Bonchev–Trinajstić information content (AvgIpc) is 3.12.